The maximum absolute atomic E-state index is 9.48. The summed E-state index contributed by atoms with van der Waals surface area (Å²) in [6, 6.07) is 6.57. The molecule has 0 radical (unpaired) electrons. The summed E-state index contributed by atoms with van der Waals surface area (Å²) in [6.07, 6.45) is -0.710. The van der Waals surface area contributed by atoms with Crippen molar-refractivity contribution in [1.82, 2.24) is 0 Å². The number of aliphatic hydroxyl groups excluding tert-OH is 1. The van der Waals surface area contributed by atoms with Gasteiger partial charge in [-0.1, -0.05) is 6.07 Å². The van der Waals surface area contributed by atoms with E-state index in [4.69, 9.17) is 16.9 Å². The SMILES string of the molecule is N#Cc1cccc(O)c1NCC(O)CCl. The predicted molar refractivity (Wildman–Crippen MR) is 58.0 cm³/mol. The van der Waals surface area contributed by atoms with Crippen LogP contribution in [0.5, 0.6) is 5.75 Å². The number of nitriles is 1. The molecule has 1 aromatic rings. The maximum atomic E-state index is 9.48. The maximum Gasteiger partial charge on any atom is 0.140 e. The Morgan fingerprint density at radius 2 is 2.27 bits per heavy atom. The summed E-state index contributed by atoms with van der Waals surface area (Å²) >= 11 is 5.41. The van der Waals surface area contributed by atoms with Gasteiger partial charge in [-0.15, -0.1) is 11.6 Å². The molecule has 1 atom stereocenters. The van der Waals surface area contributed by atoms with E-state index < -0.39 is 6.10 Å². The second-order valence-corrected chi connectivity index (χ2v) is 3.31. The number of nitrogens with one attached hydrogen (secondary N) is 1. The zero-order valence-corrected chi connectivity index (χ0v) is 8.70. The van der Waals surface area contributed by atoms with Crippen molar-refractivity contribution in [1.29, 1.82) is 5.26 Å². The fourth-order valence-corrected chi connectivity index (χ4v) is 1.20. The van der Waals surface area contributed by atoms with Gasteiger partial charge in [-0.2, -0.15) is 5.26 Å². The molecule has 15 heavy (non-hydrogen) atoms. The molecule has 0 spiro atoms. The van der Waals surface area contributed by atoms with Gasteiger partial charge < -0.3 is 15.5 Å². The van der Waals surface area contributed by atoms with Gasteiger partial charge in [0.2, 0.25) is 0 Å². The van der Waals surface area contributed by atoms with Gasteiger partial charge in [0, 0.05) is 6.54 Å². The fourth-order valence-electron chi connectivity index (χ4n) is 1.09. The van der Waals surface area contributed by atoms with Crippen molar-refractivity contribution in [2.75, 3.05) is 17.7 Å². The van der Waals surface area contributed by atoms with E-state index in [-0.39, 0.29) is 18.2 Å². The molecule has 80 valence electrons. The van der Waals surface area contributed by atoms with Gasteiger partial charge in [0.15, 0.2) is 0 Å². The first-order chi connectivity index (χ1) is 7.19. The van der Waals surface area contributed by atoms with Crippen LogP contribution in [-0.4, -0.2) is 28.7 Å². The number of halogens is 1. The number of rotatable bonds is 4. The summed E-state index contributed by atoms with van der Waals surface area (Å²) in [6.45, 7) is 0.190. The third-order valence-corrected chi connectivity index (χ3v) is 2.21. The molecule has 5 heteroatoms. The van der Waals surface area contributed by atoms with Crippen LogP contribution in [0.1, 0.15) is 5.56 Å². The number of para-hydroxylation sites is 1. The van der Waals surface area contributed by atoms with E-state index >= 15 is 0 Å². The van der Waals surface area contributed by atoms with Gasteiger partial charge in [-0.25, -0.2) is 0 Å². The van der Waals surface area contributed by atoms with Crippen LogP contribution in [0.25, 0.3) is 0 Å². The number of hydrogen-bond acceptors (Lipinski definition) is 4. The summed E-state index contributed by atoms with van der Waals surface area (Å²) in [5.41, 5.74) is 0.654. The van der Waals surface area contributed by atoms with Crippen LogP contribution in [0.15, 0.2) is 18.2 Å². The number of hydrogen-bond donors (Lipinski definition) is 3. The van der Waals surface area contributed by atoms with Crippen LogP contribution in [0.2, 0.25) is 0 Å². The van der Waals surface area contributed by atoms with Gasteiger partial charge in [0.05, 0.1) is 23.2 Å². The molecule has 0 bridgehead atoms. The first-order valence-corrected chi connectivity index (χ1v) is 4.92. The molecule has 0 aliphatic rings. The van der Waals surface area contributed by atoms with E-state index in [0.29, 0.717) is 11.3 Å². The highest BCUT2D eigenvalue weighted by Gasteiger charge is 2.08. The number of aromatic hydroxyl groups is 1. The van der Waals surface area contributed by atoms with Crippen molar-refractivity contribution in [3.63, 3.8) is 0 Å². The lowest BCUT2D eigenvalue weighted by molar-refractivity contribution is 0.211. The van der Waals surface area contributed by atoms with Crippen molar-refractivity contribution in [2.24, 2.45) is 0 Å². The van der Waals surface area contributed by atoms with Gasteiger partial charge in [-0.3, -0.25) is 0 Å². The zero-order chi connectivity index (χ0) is 11.3. The molecule has 4 nitrogen and oxygen atoms in total. The number of phenols is 1. The number of phenolic OH excluding ortho intramolecular Hbond substituents is 1. The Balaban J connectivity index is 2.80. The minimum atomic E-state index is -0.710. The molecule has 0 saturated carbocycles. The molecule has 0 aliphatic carbocycles. The number of nitrogens with zero attached hydrogens (tertiary/aromatic N) is 1. The Labute approximate surface area is 92.7 Å². The summed E-state index contributed by atoms with van der Waals surface area (Å²) in [5, 5.41) is 30.2. The summed E-state index contributed by atoms with van der Waals surface area (Å²) < 4.78 is 0. The summed E-state index contributed by atoms with van der Waals surface area (Å²) in [4.78, 5) is 0. The molecule has 3 N–H and O–H groups in total. The van der Waals surface area contributed by atoms with E-state index in [0.717, 1.165) is 0 Å². The Hall–Kier alpha value is -1.44. The molecule has 0 fully saturated rings. The Kier molecular flexibility index (Phi) is 4.22. The minimum Gasteiger partial charge on any atom is -0.506 e. The summed E-state index contributed by atoms with van der Waals surface area (Å²) in [7, 11) is 0. The predicted octanol–water partition coefficient (Wildman–Crippen LogP) is 1.28. The molecule has 0 heterocycles. The first-order valence-electron chi connectivity index (χ1n) is 4.39. The van der Waals surface area contributed by atoms with Gasteiger partial charge in [-0.05, 0) is 12.1 Å². The quantitative estimate of drug-likeness (QED) is 0.534. The van der Waals surface area contributed by atoms with Crippen LogP contribution in [0, 0.1) is 11.3 Å². The smallest absolute Gasteiger partial charge is 0.140 e. The zero-order valence-electron chi connectivity index (χ0n) is 7.94. The molecule has 0 amide bonds. The van der Waals surface area contributed by atoms with Crippen LogP contribution in [0.4, 0.5) is 5.69 Å². The van der Waals surface area contributed by atoms with E-state index in [1.807, 2.05) is 6.07 Å². The third kappa shape index (κ3) is 3.01. The number of benzene rings is 1. The lowest BCUT2D eigenvalue weighted by atomic mass is 10.1. The van der Waals surface area contributed by atoms with Gasteiger partial charge in [0.25, 0.3) is 0 Å². The largest absolute Gasteiger partial charge is 0.506 e. The lowest BCUT2D eigenvalue weighted by Crippen LogP contribution is -2.21. The van der Waals surface area contributed by atoms with E-state index in [9.17, 15) is 10.2 Å². The van der Waals surface area contributed by atoms with Crippen molar-refractivity contribution in [3.8, 4) is 11.8 Å². The highest BCUT2D eigenvalue weighted by molar-refractivity contribution is 6.18. The third-order valence-electron chi connectivity index (χ3n) is 1.86. The monoisotopic (exact) mass is 226 g/mol. The van der Waals surface area contributed by atoms with Crippen LogP contribution in [0.3, 0.4) is 0 Å². The van der Waals surface area contributed by atoms with E-state index in [1.54, 1.807) is 12.1 Å². The molecule has 1 aromatic carbocycles. The topological polar surface area (TPSA) is 76.3 Å². The molecular weight excluding hydrogens is 216 g/mol. The Morgan fingerprint density at radius 1 is 1.53 bits per heavy atom. The van der Waals surface area contributed by atoms with Gasteiger partial charge in [0.1, 0.15) is 11.8 Å². The van der Waals surface area contributed by atoms with Crippen LogP contribution < -0.4 is 5.32 Å². The summed E-state index contributed by atoms with van der Waals surface area (Å²) in [5.74, 6) is 0.0819. The van der Waals surface area contributed by atoms with Gasteiger partial charge >= 0.3 is 0 Å². The molecule has 1 rings (SSSR count). The van der Waals surface area contributed by atoms with Crippen LogP contribution in [-0.2, 0) is 0 Å². The molecule has 0 aromatic heterocycles. The lowest BCUT2D eigenvalue weighted by Gasteiger charge is -2.12. The van der Waals surface area contributed by atoms with E-state index in [2.05, 4.69) is 5.32 Å². The standard InChI is InChI=1S/C10H11ClN2O2/c11-4-8(14)6-13-10-7(5-12)2-1-3-9(10)15/h1-3,8,13-15H,4,6H2. The Bertz CT molecular complexity index is 376. The second kappa shape index (κ2) is 5.44. The molecule has 0 aliphatic heterocycles. The average Bonchev–Trinajstić information content (AvgIpc) is 2.26. The highest BCUT2D eigenvalue weighted by Crippen LogP contribution is 2.26. The van der Waals surface area contributed by atoms with Crippen molar-refractivity contribution in [3.05, 3.63) is 23.8 Å². The normalized spacial score (nSPS) is 11.8. The first kappa shape index (κ1) is 11.6. The minimum absolute atomic E-state index is 0.0178. The van der Waals surface area contributed by atoms with Crippen molar-refractivity contribution in [2.45, 2.75) is 6.10 Å². The van der Waals surface area contributed by atoms with Crippen molar-refractivity contribution < 1.29 is 10.2 Å². The Morgan fingerprint density at radius 3 is 2.87 bits per heavy atom. The van der Waals surface area contributed by atoms with Crippen molar-refractivity contribution >= 4 is 17.3 Å². The fraction of sp³-hybridized carbons (Fsp3) is 0.300. The number of anilines is 1. The second-order valence-electron chi connectivity index (χ2n) is 3.00. The average molecular weight is 227 g/mol. The van der Waals surface area contributed by atoms with Crippen LogP contribution >= 0.6 is 11.6 Å². The molecule has 1 unspecified atom stereocenters. The van der Waals surface area contributed by atoms with E-state index in [1.165, 1.54) is 6.07 Å². The molecular formula is C10H11ClN2O2. The highest BCUT2D eigenvalue weighted by atomic mass is 35.5. The molecule has 0 saturated heterocycles. The number of aliphatic hydroxyl groups is 1. The number of alkyl halides is 1.